The van der Waals surface area contributed by atoms with Crippen molar-refractivity contribution in [2.24, 2.45) is 0 Å². The van der Waals surface area contributed by atoms with Crippen LogP contribution in [0.15, 0.2) is 66.4 Å². The topological polar surface area (TPSA) is 20.3 Å². The highest BCUT2D eigenvalue weighted by molar-refractivity contribution is 6.14. The van der Waals surface area contributed by atoms with E-state index in [0.29, 0.717) is 0 Å². The molecule has 1 unspecified atom stereocenters. The Morgan fingerprint density at radius 1 is 0.950 bits per heavy atom. The Hall–Kier alpha value is -2.35. The number of allylic oxidation sites excluding steroid dienone is 1. The second-order valence-corrected chi connectivity index (χ2v) is 5.31. The molecule has 0 aromatic heterocycles. The minimum Gasteiger partial charge on any atom is -0.383 e. The molecular formula is C18H17NO. The monoisotopic (exact) mass is 263 g/mol. The summed E-state index contributed by atoms with van der Waals surface area (Å²) in [5.74, 6) is 0.186. The molecule has 0 N–H and O–H groups in total. The van der Waals surface area contributed by atoms with Crippen LogP contribution < -0.4 is 0 Å². The van der Waals surface area contributed by atoms with Crippen molar-refractivity contribution in [1.29, 1.82) is 0 Å². The number of hydrogen-bond acceptors (Lipinski definition) is 2. The molecule has 0 heterocycles. The Kier molecular flexibility index (Phi) is 3.15. The van der Waals surface area contributed by atoms with Gasteiger partial charge in [-0.2, -0.15) is 0 Å². The van der Waals surface area contributed by atoms with Crippen molar-refractivity contribution in [3.05, 3.63) is 83.1 Å². The second-order valence-electron chi connectivity index (χ2n) is 5.31. The molecule has 2 heteroatoms. The highest BCUT2D eigenvalue weighted by Gasteiger charge is 2.35. The van der Waals surface area contributed by atoms with Gasteiger partial charge >= 0.3 is 0 Å². The van der Waals surface area contributed by atoms with Gasteiger partial charge in [0, 0.05) is 37.3 Å². The average molecular weight is 263 g/mol. The molecule has 2 nitrogen and oxygen atoms in total. The van der Waals surface area contributed by atoms with Gasteiger partial charge in [0.05, 0.1) is 0 Å². The number of rotatable bonds is 2. The molecule has 100 valence electrons. The predicted molar refractivity (Wildman–Crippen MR) is 80.8 cm³/mol. The lowest BCUT2D eigenvalue weighted by molar-refractivity contribution is 0.103. The molecule has 3 rings (SSSR count). The highest BCUT2D eigenvalue weighted by atomic mass is 16.1. The van der Waals surface area contributed by atoms with Crippen LogP contribution >= 0.6 is 0 Å². The lowest BCUT2D eigenvalue weighted by Crippen LogP contribution is -2.09. The van der Waals surface area contributed by atoms with Gasteiger partial charge in [-0.1, -0.05) is 54.6 Å². The van der Waals surface area contributed by atoms with Crippen LogP contribution in [0.2, 0.25) is 0 Å². The molecule has 0 aliphatic heterocycles. The fourth-order valence-corrected chi connectivity index (χ4v) is 2.83. The Morgan fingerprint density at radius 3 is 2.30 bits per heavy atom. The van der Waals surface area contributed by atoms with E-state index in [1.807, 2.05) is 61.6 Å². The first-order chi connectivity index (χ1) is 9.68. The molecule has 0 amide bonds. The van der Waals surface area contributed by atoms with E-state index in [4.69, 9.17) is 0 Å². The van der Waals surface area contributed by atoms with Gasteiger partial charge in [-0.3, -0.25) is 4.79 Å². The summed E-state index contributed by atoms with van der Waals surface area (Å²) in [6.07, 6.45) is 1.94. The maximum Gasteiger partial charge on any atom is 0.191 e. The zero-order chi connectivity index (χ0) is 14.1. The van der Waals surface area contributed by atoms with Gasteiger partial charge in [0.1, 0.15) is 0 Å². The van der Waals surface area contributed by atoms with Gasteiger partial charge < -0.3 is 4.90 Å². The summed E-state index contributed by atoms with van der Waals surface area (Å²) in [6.45, 7) is 0. The van der Waals surface area contributed by atoms with Crippen molar-refractivity contribution in [3.63, 3.8) is 0 Å². The van der Waals surface area contributed by atoms with Crippen molar-refractivity contribution in [1.82, 2.24) is 4.90 Å². The Morgan fingerprint density at radius 2 is 1.60 bits per heavy atom. The highest BCUT2D eigenvalue weighted by Crippen LogP contribution is 2.41. The predicted octanol–water partition coefficient (Wildman–Crippen LogP) is 3.46. The average Bonchev–Trinajstić information content (AvgIpc) is 2.73. The van der Waals surface area contributed by atoms with E-state index in [1.54, 1.807) is 0 Å². The van der Waals surface area contributed by atoms with Gasteiger partial charge in [0.2, 0.25) is 0 Å². The molecule has 1 aliphatic rings. The lowest BCUT2D eigenvalue weighted by atomic mass is 9.90. The molecule has 0 saturated heterocycles. The first kappa shape index (κ1) is 12.7. The van der Waals surface area contributed by atoms with Crippen LogP contribution in [-0.4, -0.2) is 24.8 Å². The van der Waals surface area contributed by atoms with Crippen LogP contribution in [0.1, 0.15) is 27.4 Å². The van der Waals surface area contributed by atoms with Crippen LogP contribution in [-0.2, 0) is 0 Å². The lowest BCUT2D eigenvalue weighted by Gasteiger charge is -2.15. The van der Waals surface area contributed by atoms with E-state index in [1.165, 1.54) is 5.56 Å². The summed E-state index contributed by atoms with van der Waals surface area (Å²) >= 11 is 0. The number of Topliss-reactive ketones (excluding diaryl/α,β-unsaturated/α-hetero) is 1. The number of ketones is 1. The van der Waals surface area contributed by atoms with E-state index in [-0.39, 0.29) is 11.7 Å². The summed E-state index contributed by atoms with van der Waals surface area (Å²) in [6, 6.07) is 18.1. The van der Waals surface area contributed by atoms with E-state index in [9.17, 15) is 4.79 Å². The van der Waals surface area contributed by atoms with Crippen LogP contribution in [0.5, 0.6) is 0 Å². The number of nitrogens with zero attached hydrogens (tertiary/aromatic N) is 1. The molecule has 1 atom stereocenters. The van der Waals surface area contributed by atoms with Crippen LogP contribution in [0.25, 0.3) is 0 Å². The van der Waals surface area contributed by atoms with Gasteiger partial charge in [0.25, 0.3) is 0 Å². The summed E-state index contributed by atoms with van der Waals surface area (Å²) in [7, 11) is 3.90. The van der Waals surface area contributed by atoms with Crippen molar-refractivity contribution in [2.75, 3.05) is 14.1 Å². The number of fused-ring (bicyclic) bond motifs is 1. The van der Waals surface area contributed by atoms with Crippen molar-refractivity contribution < 1.29 is 4.79 Å². The first-order valence-corrected chi connectivity index (χ1v) is 6.75. The van der Waals surface area contributed by atoms with Gasteiger partial charge in [-0.05, 0) is 11.1 Å². The third-order valence-corrected chi connectivity index (χ3v) is 3.62. The number of benzene rings is 2. The maximum atomic E-state index is 12.6. The molecule has 0 bridgehead atoms. The standard InChI is InChI=1S/C18H17NO/c1-19(2)12-16-17(13-8-4-3-5-9-13)14-10-6-7-11-15(14)18(16)20/h3-12,17H,1-2H3/b16-12-. The van der Waals surface area contributed by atoms with E-state index >= 15 is 0 Å². The minimum absolute atomic E-state index is 0.0438. The molecule has 0 radical (unpaired) electrons. The fraction of sp³-hybridized carbons (Fsp3) is 0.167. The van der Waals surface area contributed by atoms with E-state index in [0.717, 1.165) is 16.7 Å². The maximum absolute atomic E-state index is 12.6. The smallest absolute Gasteiger partial charge is 0.191 e. The zero-order valence-corrected chi connectivity index (χ0v) is 11.7. The summed E-state index contributed by atoms with van der Waals surface area (Å²) in [5.41, 5.74) is 3.95. The van der Waals surface area contributed by atoms with Gasteiger partial charge in [-0.25, -0.2) is 0 Å². The normalized spacial score (nSPS) is 19.2. The molecule has 0 saturated carbocycles. The Bertz CT molecular complexity index is 671. The molecule has 2 aromatic carbocycles. The molecule has 20 heavy (non-hydrogen) atoms. The number of hydrogen-bond donors (Lipinski definition) is 0. The third kappa shape index (κ3) is 2.03. The third-order valence-electron chi connectivity index (χ3n) is 3.62. The molecule has 2 aromatic rings. The fourth-order valence-electron chi connectivity index (χ4n) is 2.83. The van der Waals surface area contributed by atoms with E-state index < -0.39 is 0 Å². The molecular weight excluding hydrogens is 246 g/mol. The van der Waals surface area contributed by atoms with Gasteiger partial charge in [0.15, 0.2) is 5.78 Å². The van der Waals surface area contributed by atoms with Crippen LogP contribution in [0.3, 0.4) is 0 Å². The molecule has 0 spiro atoms. The van der Waals surface area contributed by atoms with Crippen molar-refractivity contribution in [2.45, 2.75) is 5.92 Å². The number of carbonyl (C=O) groups is 1. The summed E-state index contributed by atoms with van der Waals surface area (Å²) in [4.78, 5) is 14.6. The van der Waals surface area contributed by atoms with E-state index in [2.05, 4.69) is 18.2 Å². The summed E-state index contributed by atoms with van der Waals surface area (Å²) in [5, 5.41) is 0. The second kappa shape index (κ2) is 4.97. The van der Waals surface area contributed by atoms with Crippen molar-refractivity contribution >= 4 is 5.78 Å². The Balaban J connectivity index is 2.20. The van der Waals surface area contributed by atoms with Gasteiger partial charge in [-0.15, -0.1) is 0 Å². The quantitative estimate of drug-likeness (QED) is 0.773. The Labute approximate surface area is 119 Å². The minimum atomic E-state index is 0.0438. The zero-order valence-electron chi connectivity index (χ0n) is 11.7. The SMILES string of the molecule is CN(C)/C=C1\C(=O)c2ccccc2C1c1ccccc1. The first-order valence-electron chi connectivity index (χ1n) is 6.75. The molecule has 1 aliphatic carbocycles. The molecule has 0 fully saturated rings. The van der Waals surface area contributed by atoms with Crippen molar-refractivity contribution in [3.8, 4) is 0 Å². The largest absolute Gasteiger partial charge is 0.383 e. The van der Waals surface area contributed by atoms with Crippen LogP contribution in [0.4, 0.5) is 0 Å². The summed E-state index contributed by atoms with van der Waals surface area (Å²) < 4.78 is 0. The van der Waals surface area contributed by atoms with Crippen LogP contribution in [0, 0.1) is 0 Å². The number of carbonyl (C=O) groups excluding carboxylic acids is 1.